The number of amides is 1. The maximum absolute atomic E-state index is 12.0. The molecule has 1 fully saturated rings. The number of benzene rings is 1. The van der Waals surface area contributed by atoms with E-state index in [-0.39, 0.29) is 24.2 Å². The number of ketones is 1. The monoisotopic (exact) mass is 251 g/mol. The molecule has 0 saturated heterocycles. The van der Waals surface area contributed by atoms with Gasteiger partial charge in [0.25, 0.3) is 5.91 Å². The van der Waals surface area contributed by atoms with Crippen molar-refractivity contribution in [2.24, 2.45) is 5.92 Å². The molecule has 1 aromatic carbocycles. The summed E-state index contributed by atoms with van der Waals surface area (Å²) in [5.41, 5.74) is 1.02. The van der Waals surface area contributed by atoms with Crippen molar-refractivity contribution in [3.63, 3.8) is 0 Å². The average Bonchev–Trinajstić information content (AvgIpc) is 3.11. The number of anilines is 1. The maximum atomic E-state index is 12.0. The Hall–Kier alpha value is -1.55. The molecule has 1 aliphatic heterocycles. The van der Waals surface area contributed by atoms with Gasteiger partial charge in [-0.15, -0.1) is 0 Å². The lowest BCUT2D eigenvalue weighted by molar-refractivity contribution is -0.118. The quantitative estimate of drug-likeness (QED) is 0.821. The SMILES string of the molecule is O=C1COc2cc(C(=O)C3CC3)c(Cl)cc2N1. The standard InChI is InChI=1S/C12H10ClNO3/c13-8-4-9-10(17-5-11(15)14-9)3-7(8)12(16)6-1-2-6/h3-4,6H,1-2,5H2,(H,14,15). The van der Waals surface area contributed by atoms with Crippen molar-refractivity contribution >= 4 is 29.0 Å². The van der Waals surface area contributed by atoms with Crippen molar-refractivity contribution in [1.82, 2.24) is 0 Å². The summed E-state index contributed by atoms with van der Waals surface area (Å²) in [6, 6.07) is 3.20. The molecule has 0 bridgehead atoms. The van der Waals surface area contributed by atoms with Crippen LogP contribution in [-0.4, -0.2) is 18.3 Å². The summed E-state index contributed by atoms with van der Waals surface area (Å²) < 4.78 is 5.26. The van der Waals surface area contributed by atoms with Crippen LogP contribution >= 0.6 is 11.6 Å². The Morgan fingerprint density at radius 3 is 2.88 bits per heavy atom. The van der Waals surface area contributed by atoms with Crippen molar-refractivity contribution in [2.75, 3.05) is 11.9 Å². The van der Waals surface area contributed by atoms with Gasteiger partial charge in [-0.1, -0.05) is 11.6 Å². The molecule has 0 aromatic heterocycles. The summed E-state index contributed by atoms with van der Waals surface area (Å²) in [5, 5.41) is 3.02. The predicted molar refractivity (Wildman–Crippen MR) is 62.6 cm³/mol. The second-order valence-electron chi connectivity index (χ2n) is 4.30. The van der Waals surface area contributed by atoms with E-state index in [1.165, 1.54) is 0 Å². The van der Waals surface area contributed by atoms with Gasteiger partial charge in [-0.05, 0) is 25.0 Å². The van der Waals surface area contributed by atoms with Crippen LogP contribution in [0.1, 0.15) is 23.2 Å². The van der Waals surface area contributed by atoms with Crippen LogP contribution in [0.2, 0.25) is 5.02 Å². The summed E-state index contributed by atoms with van der Waals surface area (Å²) in [7, 11) is 0. The molecular weight excluding hydrogens is 242 g/mol. The molecule has 2 aliphatic rings. The van der Waals surface area contributed by atoms with E-state index in [0.29, 0.717) is 22.0 Å². The summed E-state index contributed by atoms with van der Waals surface area (Å²) in [6.45, 7) is -0.0221. The predicted octanol–water partition coefficient (Wildman–Crippen LogP) is 2.26. The molecule has 1 aromatic rings. The zero-order valence-corrected chi connectivity index (χ0v) is 9.71. The molecule has 1 heterocycles. The third kappa shape index (κ3) is 1.89. The van der Waals surface area contributed by atoms with Crippen LogP contribution in [0.5, 0.6) is 5.75 Å². The normalized spacial score (nSPS) is 18.1. The average molecular weight is 252 g/mol. The van der Waals surface area contributed by atoms with E-state index >= 15 is 0 Å². The first-order valence-corrected chi connectivity index (χ1v) is 5.83. The molecule has 1 saturated carbocycles. The molecular formula is C12H10ClNO3. The maximum Gasteiger partial charge on any atom is 0.262 e. The van der Waals surface area contributed by atoms with Gasteiger partial charge in [0.1, 0.15) is 5.75 Å². The minimum atomic E-state index is -0.213. The van der Waals surface area contributed by atoms with Gasteiger partial charge in [0, 0.05) is 11.5 Å². The Labute approximate surface area is 103 Å². The van der Waals surface area contributed by atoms with Crippen LogP contribution in [0, 0.1) is 5.92 Å². The second-order valence-corrected chi connectivity index (χ2v) is 4.71. The van der Waals surface area contributed by atoms with E-state index in [1.807, 2.05) is 0 Å². The van der Waals surface area contributed by atoms with Crippen LogP contribution in [0.15, 0.2) is 12.1 Å². The zero-order chi connectivity index (χ0) is 12.0. The summed E-state index contributed by atoms with van der Waals surface area (Å²) >= 11 is 6.05. The van der Waals surface area contributed by atoms with E-state index in [1.54, 1.807) is 12.1 Å². The first-order valence-electron chi connectivity index (χ1n) is 5.45. The molecule has 0 unspecified atom stereocenters. The number of carbonyl (C=O) groups excluding carboxylic acids is 2. The number of nitrogens with one attached hydrogen (secondary N) is 1. The first kappa shape index (κ1) is 10.6. The zero-order valence-electron chi connectivity index (χ0n) is 8.96. The van der Waals surface area contributed by atoms with Crippen molar-refractivity contribution in [3.05, 3.63) is 22.7 Å². The Balaban J connectivity index is 2.01. The number of hydrogen-bond donors (Lipinski definition) is 1. The highest BCUT2D eigenvalue weighted by Gasteiger charge is 2.32. The highest BCUT2D eigenvalue weighted by molar-refractivity contribution is 6.34. The number of ether oxygens (including phenoxy) is 1. The van der Waals surface area contributed by atoms with Gasteiger partial charge in [-0.25, -0.2) is 0 Å². The number of rotatable bonds is 2. The lowest BCUT2D eigenvalue weighted by atomic mass is 10.1. The van der Waals surface area contributed by atoms with E-state index < -0.39 is 0 Å². The minimum Gasteiger partial charge on any atom is -0.482 e. The fraction of sp³-hybridized carbons (Fsp3) is 0.333. The van der Waals surface area contributed by atoms with Gasteiger partial charge >= 0.3 is 0 Å². The first-order chi connectivity index (χ1) is 8.15. The van der Waals surface area contributed by atoms with Gasteiger partial charge in [-0.2, -0.15) is 0 Å². The number of hydrogen-bond acceptors (Lipinski definition) is 3. The van der Waals surface area contributed by atoms with Crippen LogP contribution < -0.4 is 10.1 Å². The third-order valence-electron chi connectivity index (χ3n) is 2.92. The van der Waals surface area contributed by atoms with Crippen LogP contribution in [0.3, 0.4) is 0 Å². The van der Waals surface area contributed by atoms with Crippen LogP contribution in [-0.2, 0) is 4.79 Å². The molecule has 0 radical (unpaired) electrons. The Bertz CT molecular complexity index is 523. The molecule has 0 spiro atoms. The number of fused-ring (bicyclic) bond motifs is 1. The minimum absolute atomic E-state index is 0.0221. The summed E-state index contributed by atoms with van der Waals surface area (Å²) in [4.78, 5) is 23.1. The fourth-order valence-corrected chi connectivity index (χ4v) is 2.11. The van der Waals surface area contributed by atoms with Crippen molar-refractivity contribution in [1.29, 1.82) is 0 Å². The van der Waals surface area contributed by atoms with E-state index in [2.05, 4.69) is 5.32 Å². The molecule has 1 N–H and O–H groups in total. The Morgan fingerprint density at radius 1 is 1.41 bits per heavy atom. The molecule has 88 valence electrons. The highest BCUT2D eigenvalue weighted by atomic mass is 35.5. The molecule has 1 amide bonds. The molecule has 5 heteroatoms. The number of Topliss-reactive ketones (excluding diaryl/α,β-unsaturated/α-hetero) is 1. The molecule has 0 atom stereocenters. The second kappa shape index (κ2) is 3.74. The van der Waals surface area contributed by atoms with E-state index in [9.17, 15) is 9.59 Å². The van der Waals surface area contributed by atoms with Crippen molar-refractivity contribution in [2.45, 2.75) is 12.8 Å². The third-order valence-corrected chi connectivity index (χ3v) is 3.23. The smallest absolute Gasteiger partial charge is 0.262 e. The van der Waals surface area contributed by atoms with E-state index in [0.717, 1.165) is 12.8 Å². The number of carbonyl (C=O) groups is 2. The van der Waals surface area contributed by atoms with Gasteiger partial charge in [0.2, 0.25) is 0 Å². The van der Waals surface area contributed by atoms with Gasteiger partial charge in [-0.3, -0.25) is 9.59 Å². The van der Waals surface area contributed by atoms with Crippen LogP contribution in [0.25, 0.3) is 0 Å². The lowest BCUT2D eigenvalue weighted by Gasteiger charge is -2.19. The van der Waals surface area contributed by atoms with Crippen molar-refractivity contribution < 1.29 is 14.3 Å². The van der Waals surface area contributed by atoms with Crippen LogP contribution in [0.4, 0.5) is 5.69 Å². The fourth-order valence-electron chi connectivity index (χ4n) is 1.85. The molecule has 3 rings (SSSR count). The Kier molecular flexibility index (Phi) is 2.33. The van der Waals surface area contributed by atoms with Gasteiger partial charge < -0.3 is 10.1 Å². The van der Waals surface area contributed by atoms with Gasteiger partial charge in [0.05, 0.1) is 10.7 Å². The summed E-state index contributed by atoms with van der Waals surface area (Å²) in [5.74, 6) is 0.481. The lowest BCUT2D eigenvalue weighted by Crippen LogP contribution is -2.25. The van der Waals surface area contributed by atoms with Gasteiger partial charge in [0.15, 0.2) is 12.4 Å². The largest absolute Gasteiger partial charge is 0.482 e. The van der Waals surface area contributed by atoms with Crippen molar-refractivity contribution in [3.8, 4) is 5.75 Å². The molecule has 4 nitrogen and oxygen atoms in total. The summed E-state index contributed by atoms with van der Waals surface area (Å²) in [6.07, 6.45) is 1.87. The molecule has 17 heavy (non-hydrogen) atoms. The molecule has 1 aliphatic carbocycles. The highest BCUT2D eigenvalue weighted by Crippen LogP contribution is 2.38. The number of halogens is 1. The van der Waals surface area contributed by atoms with E-state index in [4.69, 9.17) is 16.3 Å². The Morgan fingerprint density at radius 2 is 2.18 bits per heavy atom. The topological polar surface area (TPSA) is 55.4 Å².